The second-order valence-corrected chi connectivity index (χ2v) is 11.8. The highest BCUT2D eigenvalue weighted by Crippen LogP contribution is 2.30. The second kappa shape index (κ2) is 12.9. The van der Waals surface area contributed by atoms with Gasteiger partial charge in [-0.15, -0.1) is 0 Å². The van der Waals surface area contributed by atoms with E-state index in [1.807, 2.05) is 13.8 Å². The van der Waals surface area contributed by atoms with Gasteiger partial charge < -0.3 is 15.0 Å². The number of ether oxygens (including phenoxy) is 1. The Morgan fingerprint density at radius 3 is 2.22 bits per heavy atom. The van der Waals surface area contributed by atoms with Gasteiger partial charge in [0.05, 0.1) is 24.1 Å². The largest absolute Gasteiger partial charge is 0.495 e. The van der Waals surface area contributed by atoms with Gasteiger partial charge in [-0.1, -0.05) is 54.7 Å². The van der Waals surface area contributed by atoms with E-state index in [1.165, 1.54) is 36.3 Å². The Morgan fingerprint density at radius 2 is 1.69 bits per heavy atom. The van der Waals surface area contributed by atoms with Gasteiger partial charge in [0, 0.05) is 23.1 Å². The topological polar surface area (TPSA) is 96.0 Å². The summed E-state index contributed by atoms with van der Waals surface area (Å²) in [5.41, 5.74) is 0.731. The summed E-state index contributed by atoms with van der Waals surface area (Å²) < 4.78 is 31.4. The summed E-state index contributed by atoms with van der Waals surface area (Å²) in [6, 6.07) is 8.29. The predicted molar refractivity (Wildman–Crippen MR) is 145 cm³/mol. The molecule has 12 heteroatoms. The van der Waals surface area contributed by atoms with E-state index in [2.05, 4.69) is 5.32 Å². The number of halogens is 3. The number of methoxy groups -OCH3 is 1. The van der Waals surface area contributed by atoms with Crippen molar-refractivity contribution in [3.63, 3.8) is 0 Å². The summed E-state index contributed by atoms with van der Waals surface area (Å²) in [5, 5.41) is 3.73. The number of hydrogen-bond donors (Lipinski definition) is 1. The molecule has 0 bridgehead atoms. The molecule has 0 aliphatic heterocycles. The molecule has 198 valence electrons. The van der Waals surface area contributed by atoms with E-state index in [1.54, 1.807) is 19.1 Å². The quantitative estimate of drug-likeness (QED) is 0.420. The van der Waals surface area contributed by atoms with Gasteiger partial charge in [0.1, 0.15) is 18.3 Å². The molecule has 0 saturated heterocycles. The molecule has 0 heterocycles. The van der Waals surface area contributed by atoms with Crippen molar-refractivity contribution in [3.05, 3.63) is 57.0 Å². The zero-order valence-electron chi connectivity index (χ0n) is 20.7. The minimum Gasteiger partial charge on any atom is -0.495 e. The van der Waals surface area contributed by atoms with Crippen molar-refractivity contribution in [3.8, 4) is 5.75 Å². The summed E-state index contributed by atoms with van der Waals surface area (Å²) >= 11 is 18.5. The third-order valence-corrected chi connectivity index (χ3v) is 7.33. The fraction of sp³-hybridized carbons (Fsp3) is 0.417. The molecule has 0 fully saturated rings. The molecule has 2 aromatic carbocycles. The molecule has 8 nitrogen and oxygen atoms in total. The molecule has 0 aliphatic carbocycles. The SMILES string of the molecule is COc1ccc(N(CC(=O)N(Cc2ccc(Cl)cc2Cl)C(C)C(=O)NCC(C)C)S(C)(=O)=O)cc1Cl. The Hall–Kier alpha value is -2.20. The minimum absolute atomic E-state index is 0.0356. The molecule has 0 aromatic heterocycles. The monoisotopic (exact) mass is 577 g/mol. The summed E-state index contributed by atoms with van der Waals surface area (Å²) in [4.78, 5) is 27.7. The van der Waals surface area contributed by atoms with Gasteiger partial charge in [-0.3, -0.25) is 13.9 Å². The van der Waals surface area contributed by atoms with Crippen LogP contribution in [0.1, 0.15) is 26.3 Å². The molecule has 1 unspecified atom stereocenters. The zero-order valence-corrected chi connectivity index (χ0v) is 23.8. The fourth-order valence-electron chi connectivity index (χ4n) is 3.29. The molecule has 36 heavy (non-hydrogen) atoms. The minimum atomic E-state index is -3.89. The standard InChI is InChI=1S/C24H30Cl3N3O5S/c1-15(2)12-28-24(32)16(3)29(13-17-6-7-18(25)10-20(17)26)23(31)14-30(36(5,33)34)19-8-9-22(35-4)21(27)11-19/h6-11,15-16H,12-14H2,1-5H3,(H,28,32). The number of nitrogens with zero attached hydrogens (tertiary/aromatic N) is 2. The molecule has 1 atom stereocenters. The first-order valence-corrected chi connectivity index (χ1v) is 14.0. The van der Waals surface area contributed by atoms with Crippen LogP contribution in [0.2, 0.25) is 15.1 Å². The normalized spacial score (nSPS) is 12.2. The Labute approximate surface area is 227 Å². The average molecular weight is 579 g/mol. The summed E-state index contributed by atoms with van der Waals surface area (Å²) in [6.45, 7) is 5.30. The van der Waals surface area contributed by atoms with Crippen molar-refractivity contribution in [2.24, 2.45) is 5.92 Å². The van der Waals surface area contributed by atoms with E-state index in [9.17, 15) is 18.0 Å². The Morgan fingerprint density at radius 1 is 1.03 bits per heavy atom. The van der Waals surface area contributed by atoms with Gasteiger partial charge in [0.15, 0.2) is 0 Å². The van der Waals surface area contributed by atoms with Crippen LogP contribution in [0.25, 0.3) is 0 Å². The molecular formula is C24H30Cl3N3O5S. The van der Waals surface area contributed by atoms with E-state index < -0.39 is 28.5 Å². The van der Waals surface area contributed by atoms with Crippen LogP contribution in [-0.4, -0.2) is 57.6 Å². The highest BCUT2D eigenvalue weighted by atomic mass is 35.5. The van der Waals surface area contributed by atoms with E-state index >= 15 is 0 Å². The molecule has 0 spiro atoms. The van der Waals surface area contributed by atoms with E-state index in [0.717, 1.165) is 10.6 Å². The van der Waals surface area contributed by atoms with Crippen molar-refractivity contribution < 1.29 is 22.7 Å². The fourth-order valence-corrected chi connectivity index (χ4v) is 4.85. The van der Waals surface area contributed by atoms with Gasteiger partial charge in [-0.05, 0) is 48.7 Å². The van der Waals surface area contributed by atoms with Crippen LogP contribution in [0.15, 0.2) is 36.4 Å². The van der Waals surface area contributed by atoms with Gasteiger partial charge >= 0.3 is 0 Å². The molecule has 2 aromatic rings. The van der Waals surface area contributed by atoms with Crippen molar-refractivity contribution in [1.29, 1.82) is 0 Å². The third kappa shape index (κ3) is 8.16. The number of carbonyl (C=O) groups excluding carboxylic acids is 2. The van der Waals surface area contributed by atoms with Gasteiger partial charge in [0.25, 0.3) is 0 Å². The lowest BCUT2D eigenvalue weighted by atomic mass is 10.1. The predicted octanol–water partition coefficient (Wildman–Crippen LogP) is 4.61. The summed E-state index contributed by atoms with van der Waals surface area (Å²) in [5.74, 6) is -0.419. The Balaban J connectivity index is 2.43. The maximum Gasteiger partial charge on any atom is 0.244 e. The van der Waals surface area contributed by atoms with Crippen LogP contribution in [-0.2, 0) is 26.2 Å². The van der Waals surface area contributed by atoms with E-state index in [4.69, 9.17) is 39.5 Å². The number of rotatable bonds is 11. The van der Waals surface area contributed by atoms with Crippen LogP contribution in [0.5, 0.6) is 5.75 Å². The second-order valence-electron chi connectivity index (χ2n) is 8.66. The lowest BCUT2D eigenvalue weighted by Gasteiger charge is -2.32. The third-order valence-electron chi connectivity index (χ3n) is 5.31. The van der Waals surface area contributed by atoms with Crippen molar-refractivity contribution >= 4 is 62.3 Å². The molecule has 0 radical (unpaired) electrons. The number of carbonyl (C=O) groups is 2. The van der Waals surface area contributed by atoms with Crippen LogP contribution in [0.4, 0.5) is 5.69 Å². The summed E-state index contributed by atoms with van der Waals surface area (Å²) in [6.07, 6.45) is 0.984. The number of anilines is 1. The number of hydrogen-bond acceptors (Lipinski definition) is 5. The Bertz CT molecular complexity index is 1210. The van der Waals surface area contributed by atoms with Gasteiger partial charge in [-0.2, -0.15) is 0 Å². The maximum atomic E-state index is 13.6. The molecule has 2 rings (SSSR count). The molecule has 0 aliphatic rings. The van der Waals surface area contributed by atoms with Gasteiger partial charge in [0.2, 0.25) is 21.8 Å². The molecule has 0 saturated carbocycles. The Kier molecular flexibility index (Phi) is 10.7. The first-order valence-electron chi connectivity index (χ1n) is 11.1. The molecular weight excluding hydrogens is 549 g/mol. The number of nitrogens with one attached hydrogen (secondary N) is 1. The van der Waals surface area contributed by atoms with Crippen molar-refractivity contribution in [2.75, 3.05) is 30.8 Å². The van der Waals surface area contributed by atoms with Crippen LogP contribution in [0, 0.1) is 5.92 Å². The van der Waals surface area contributed by atoms with Crippen LogP contribution >= 0.6 is 34.8 Å². The van der Waals surface area contributed by atoms with E-state index in [0.29, 0.717) is 27.9 Å². The lowest BCUT2D eigenvalue weighted by Crippen LogP contribution is -2.51. The summed E-state index contributed by atoms with van der Waals surface area (Å²) in [7, 11) is -2.46. The average Bonchev–Trinajstić information content (AvgIpc) is 2.79. The highest BCUT2D eigenvalue weighted by Gasteiger charge is 2.30. The number of sulfonamides is 1. The lowest BCUT2D eigenvalue weighted by molar-refractivity contribution is -0.139. The first kappa shape index (κ1) is 30.0. The number of amides is 2. The first-order chi connectivity index (χ1) is 16.7. The smallest absolute Gasteiger partial charge is 0.244 e. The molecule has 1 N–H and O–H groups in total. The van der Waals surface area contributed by atoms with E-state index in [-0.39, 0.29) is 29.1 Å². The van der Waals surface area contributed by atoms with Gasteiger partial charge in [-0.25, -0.2) is 8.42 Å². The highest BCUT2D eigenvalue weighted by molar-refractivity contribution is 7.92. The van der Waals surface area contributed by atoms with Crippen molar-refractivity contribution in [1.82, 2.24) is 10.2 Å². The molecule has 2 amide bonds. The number of benzene rings is 2. The maximum absolute atomic E-state index is 13.6. The van der Waals surface area contributed by atoms with Crippen LogP contribution in [0.3, 0.4) is 0 Å². The van der Waals surface area contributed by atoms with Crippen molar-refractivity contribution in [2.45, 2.75) is 33.4 Å². The zero-order chi connectivity index (χ0) is 27.2. The van der Waals surface area contributed by atoms with Crippen LogP contribution < -0.4 is 14.4 Å².